The molecule has 0 aliphatic heterocycles. The van der Waals surface area contributed by atoms with Crippen LogP contribution in [0.1, 0.15) is 38.4 Å². The molecule has 7 heteroatoms. The first kappa shape index (κ1) is 21.5. The number of pyridine rings is 1. The maximum Gasteiger partial charge on any atom is 0.255 e. The summed E-state index contributed by atoms with van der Waals surface area (Å²) in [6.45, 7) is 2.94. The Balaban J connectivity index is 0.00000256. The van der Waals surface area contributed by atoms with Crippen LogP contribution in [0.25, 0.3) is 10.9 Å². The highest BCUT2D eigenvalue weighted by Crippen LogP contribution is 2.18. The lowest BCUT2D eigenvalue weighted by Crippen LogP contribution is -2.23. The predicted molar refractivity (Wildman–Crippen MR) is 121 cm³/mol. The lowest BCUT2D eigenvalue weighted by Gasteiger charge is -2.07. The van der Waals surface area contributed by atoms with E-state index < -0.39 is 0 Å². The van der Waals surface area contributed by atoms with E-state index in [2.05, 4.69) is 32.6 Å². The number of nitrogens with one attached hydrogen (secondary N) is 2. The molecule has 0 saturated carbocycles. The average molecular weight is 422 g/mol. The molecule has 1 amide bonds. The second kappa shape index (κ2) is 9.52. The summed E-state index contributed by atoms with van der Waals surface area (Å²) >= 11 is 0. The van der Waals surface area contributed by atoms with Crippen molar-refractivity contribution in [2.75, 3.05) is 0 Å². The van der Waals surface area contributed by atoms with E-state index in [1.54, 1.807) is 6.20 Å². The average Bonchev–Trinajstić information content (AvgIpc) is 3.20. The molecule has 0 radical (unpaired) electrons. The summed E-state index contributed by atoms with van der Waals surface area (Å²) in [6, 6.07) is 18.1. The Bertz CT molecular complexity index is 1150. The molecule has 6 nitrogen and oxygen atoms in total. The first-order valence-electron chi connectivity index (χ1n) is 9.57. The van der Waals surface area contributed by atoms with Gasteiger partial charge < -0.3 is 11.1 Å². The zero-order valence-electron chi connectivity index (χ0n) is 16.7. The van der Waals surface area contributed by atoms with Gasteiger partial charge in [-0.25, -0.2) is 0 Å². The number of aromatic nitrogens is 3. The third kappa shape index (κ3) is 4.84. The number of aryl methyl sites for hydroxylation is 1. The van der Waals surface area contributed by atoms with Crippen LogP contribution in [0.15, 0.2) is 60.8 Å². The number of carbonyl (C=O) groups excluding carboxylic acids is 1. The second-order valence-electron chi connectivity index (χ2n) is 7.11. The van der Waals surface area contributed by atoms with Crippen LogP contribution in [0.2, 0.25) is 0 Å². The van der Waals surface area contributed by atoms with E-state index in [0.717, 1.165) is 39.0 Å². The van der Waals surface area contributed by atoms with Crippen LogP contribution >= 0.6 is 12.4 Å². The molecule has 4 aromatic rings. The zero-order chi connectivity index (χ0) is 20.2. The number of aromatic amines is 1. The van der Waals surface area contributed by atoms with Gasteiger partial charge in [-0.15, -0.1) is 12.4 Å². The van der Waals surface area contributed by atoms with E-state index in [-0.39, 0.29) is 18.3 Å². The highest BCUT2D eigenvalue weighted by atomic mass is 35.5. The Morgan fingerprint density at radius 1 is 1.03 bits per heavy atom. The highest BCUT2D eigenvalue weighted by molar-refractivity contribution is 5.95. The van der Waals surface area contributed by atoms with Crippen molar-refractivity contribution in [1.29, 1.82) is 0 Å². The molecule has 0 bridgehead atoms. The monoisotopic (exact) mass is 421 g/mol. The van der Waals surface area contributed by atoms with Gasteiger partial charge >= 0.3 is 0 Å². The molecular weight excluding hydrogens is 398 g/mol. The van der Waals surface area contributed by atoms with Crippen LogP contribution in [-0.2, 0) is 19.5 Å². The quantitative estimate of drug-likeness (QED) is 0.442. The molecule has 154 valence electrons. The number of halogens is 1. The van der Waals surface area contributed by atoms with Gasteiger partial charge in [0.05, 0.1) is 16.8 Å². The Kier molecular flexibility index (Phi) is 6.82. The van der Waals surface area contributed by atoms with Crippen LogP contribution in [0, 0.1) is 6.92 Å². The molecule has 0 atom stereocenters. The molecule has 2 aromatic heterocycles. The van der Waals surface area contributed by atoms with Crippen molar-refractivity contribution in [2.24, 2.45) is 5.73 Å². The lowest BCUT2D eigenvalue weighted by atomic mass is 10.0. The van der Waals surface area contributed by atoms with Gasteiger partial charge in [0, 0.05) is 36.8 Å². The topological polar surface area (TPSA) is 96.7 Å². The van der Waals surface area contributed by atoms with Gasteiger partial charge in [0.1, 0.15) is 0 Å². The molecule has 0 unspecified atom stereocenters. The van der Waals surface area contributed by atoms with Crippen LogP contribution < -0.4 is 11.1 Å². The van der Waals surface area contributed by atoms with E-state index in [0.29, 0.717) is 25.1 Å². The number of rotatable bonds is 6. The van der Waals surface area contributed by atoms with Crippen molar-refractivity contribution >= 4 is 29.2 Å². The van der Waals surface area contributed by atoms with Crippen LogP contribution in [0.5, 0.6) is 0 Å². The third-order valence-electron chi connectivity index (χ3n) is 4.94. The van der Waals surface area contributed by atoms with Gasteiger partial charge in [-0.3, -0.25) is 14.9 Å². The number of nitrogens with zero attached hydrogens (tertiary/aromatic N) is 2. The Labute approximate surface area is 181 Å². The Morgan fingerprint density at radius 3 is 2.53 bits per heavy atom. The van der Waals surface area contributed by atoms with Crippen molar-refractivity contribution in [3.8, 4) is 0 Å². The van der Waals surface area contributed by atoms with Crippen LogP contribution in [0.3, 0.4) is 0 Å². The van der Waals surface area contributed by atoms with Crippen LogP contribution in [-0.4, -0.2) is 21.1 Å². The number of amides is 1. The van der Waals surface area contributed by atoms with Crippen LogP contribution in [0.4, 0.5) is 0 Å². The maximum atomic E-state index is 12.7. The third-order valence-corrected chi connectivity index (χ3v) is 4.94. The van der Waals surface area contributed by atoms with Gasteiger partial charge in [-0.2, -0.15) is 5.10 Å². The Hall–Kier alpha value is -3.22. The normalized spacial score (nSPS) is 10.6. The maximum absolute atomic E-state index is 12.7. The summed E-state index contributed by atoms with van der Waals surface area (Å²) in [5, 5.41) is 11.1. The van der Waals surface area contributed by atoms with Crippen molar-refractivity contribution in [2.45, 2.75) is 26.4 Å². The number of benzene rings is 2. The number of nitrogens with two attached hydrogens (primary N) is 1. The minimum Gasteiger partial charge on any atom is -0.348 e. The van der Waals surface area contributed by atoms with Crippen molar-refractivity contribution in [3.63, 3.8) is 0 Å². The Morgan fingerprint density at radius 2 is 1.77 bits per heavy atom. The number of hydrogen-bond donors (Lipinski definition) is 3. The molecule has 2 aromatic carbocycles. The fourth-order valence-electron chi connectivity index (χ4n) is 3.30. The first-order chi connectivity index (χ1) is 14.1. The number of hydrogen-bond acceptors (Lipinski definition) is 4. The number of fused-ring (bicyclic) bond motifs is 1. The summed E-state index contributed by atoms with van der Waals surface area (Å²) < 4.78 is 0. The van der Waals surface area contributed by atoms with Gasteiger partial charge in [0.15, 0.2) is 0 Å². The van der Waals surface area contributed by atoms with E-state index in [1.165, 1.54) is 0 Å². The summed E-state index contributed by atoms with van der Waals surface area (Å²) in [5.74, 6) is -0.144. The van der Waals surface area contributed by atoms with Crippen molar-refractivity contribution in [1.82, 2.24) is 20.5 Å². The fraction of sp³-hybridized carbons (Fsp3) is 0.174. The summed E-state index contributed by atoms with van der Waals surface area (Å²) in [6.07, 6.45) is 2.22. The number of carbonyl (C=O) groups is 1. The zero-order valence-corrected chi connectivity index (χ0v) is 17.5. The molecule has 4 N–H and O–H groups in total. The molecule has 0 spiro atoms. The molecule has 2 heterocycles. The van der Waals surface area contributed by atoms with Gasteiger partial charge in [-0.1, -0.05) is 36.4 Å². The van der Waals surface area contributed by atoms with Crippen molar-refractivity contribution in [3.05, 3.63) is 94.4 Å². The van der Waals surface area contributed by atoms with Gasteiger partial charge in [0.25, 0.3) is 5.91 Å². The van der Waals surface area contributed by atoms with E-state index in [9.17, 15) is 4.79 Å². The molecule has 30 heavy (non-hydrogen) atoms. The molecular formula is C23H24ClN5O. The molecule has 0 aliphatic rings. The summed E-state index contributed by atoms with van der Waals surface area (Å²) in [4.78, 5) is 17.2. The second-order valence-corrected chi connectivity index (χ2v) is 7.11. The summed E-state index contributed by atoms with van der Waals surface area (Å²) in [7, 11) is 0. The largest absolute Gasteiger partial charge is 0.348 e. The van der Waals surface area contributed by atoms with E-state index in [1.807, 2.05) is 49.4 Å². The molecule has 0 aliphatic carbocycles. The standard InChI is InChI=1S/C23H23N5O.ClH/c1-15-2-8-19-10-18(7-9-21(19)27-15)11-22-20(14-26-28-22)23(29)25-13-17-5-3-16(12-24)4-6-17;/h2-10,14H,11-13,24H2,1H3,(H,25,29)(H,26,28);1H. The molecule has 0 fully saturated rings. The lowest BCUT2D eigenvalue weighted by molar-refractivity contribution is 0.0950. The van der Waals surface area contributed by atoms with Crippen molar-refractivity contribution < 1.29 is 4.79 Å². The minimum absolute atomic E-state index is 0. The first-order valence-corrected chi connectivity index (χ1v) is 9.57. The predicted octanol–water partition coefficient (Wildman–Crippen LogP) is 3.67. The highest BCUT2D eigenvalue weighted by Gasteiger charge is 2.14. The fourth-order valence-corrected chi connectivity index (χ4v) is 3.30. The smallest absolute Gasteiger partial charge is 0.255 e. The minimum atomic E-state index is -0.144. The SMILES string of the molecule is Cc1ccc2cc(Cc3n[nH]cc3C(=O)NCc3ccc(CN)cc3)ccc2n1.Cl. The number of H-pyrrole nitrogens is 1. The molecule has 0 saturated heterocycles. The van der Waals surface area contributed by atoms with E-state index in [4.69, 9.17) is 5.73 Å². The summed E-state index contributed by atoms with van der Waals surface area (Å²) in [5.41, 5.74) is 12.0. The van der Waals surface area contributed by atoms with E-state index >= 15 is 0 Å². The van der Waals surface area contributed by atoms with Gasteiger partial charge in [0.2, 0.25) is 0 Å². The van der Waals surface area contributed by atoms with Gasteiger partial charge in [-0.05, 0) is 41.8 Å². The molecule has 4 rings (SSSR count).